The predicted molar refractivity (Wildman–Crippen MR) is 169 cm³/mol. The van der Waals surface area contributed by atoms with Crippen molar-refractivity contribution in [2.24, 2.45) is 0 Å². The largest absolute Gasteiger partial charge is 0.619 e. The minimum Gasteiger partial charge on any atom is -0.619 e. The van der Waals surface area contributed by atoms with Gasteiger partial charge in [-0.1, -0.05) is 47.5 Å². The highest BCUT2D eigenvalue weighted by Gasteiger charge is 2.52. The fourth-order valence-corrected chi connectivity index (χ4v) is 8.00. The van der Waals surface area contributed by atoms with Gasteiger partial charge >= 0.3 is 6.03 Å². The van der Waals surface area contributed by atoms with Crippen molar-refractivity contribution in [2.45, 2.75) is 23.9 Å². The summed E-state index contributed by atoms with van der Waals surface area (Å²) in [6, 6.07) is 15.3. The van der Waals surface area contributed by atoms with E-state index in [1.165, 1.54) is 45.5 Å². The van der Waals surface area contributed by atoms with Gasteiger partial charge in [-0.05, 0) is 42.3 Å². The average Bonchev–Trinajstić information content (AvgIpc) is 3.54. The third-order valence-corrected chi connectivity index (χ3v) is 10.4. The van der Waals surface area contributed by atoms with Crippen LogP contribution in [-0.2, 0) is 26.8 Å². The van der Waals surface area contributed by atoms with Crippen LogP contribution in [0.5, 0.6) is 0 Å². The highest BCUT2D eigenvalue weighted by Crippen LogP contribution is 2.45. The van der Waals surface area contributed by atoms with E-state index in [1.807, 2.05) is 30.3 Å². The lowest BCUT2D eigenvalue weighted by Gasteiger charge is -2.34. The summed E-state index contributed by atoms with van der Waals surface area (Å²) < 4.78 is 31.7. The number of amides is 3. The topological polar surface area (TPSA) is 135 Å². The summed E-state index contributed by atoms with van der Waals surface area (Å²) in [4.78, 5) is 33.8. The number of nitrogens with zero attached hydrogens (tertiary/aromatic N) is 6. The first-order chi connectivity index (χ1) is 21.4. The molecule has 6 rings (SSSR count). The van der Waals surface area contributed by atoms with Crippen molar-refractivity contribution in [1.29, 1.82) is 0 Å². The molecule has 12 nitrogen and oxygen atoms in total. The Balaban J connectivity index is 1.40. The molecule has 0 spiro atoms. The number of benzene rings is 2. The van der Waals surface area contributed by atoms with Crippen molar-refractivity contribution in [1.82, 2.24) is 24.1 Å². The fourth-order valence-electron chi connectivity index (χ4n) is 5.87. The summed E-state index contributed by atoms with van der Waals surface area (Å²) in [7, 11) is -2.62. The van der Waals surface area contributed by atoms with Gasteiger partial charge in [0.1, 0.15) is 5.54 Å². The standard InChI is InChI=1S/C30H29Cl2N7O5S/c1-30(17-20-5-7-21(8-6-20)22-4-3-9-36(42)19-22)27(40)38(25-15-23(31)14-24(32)16-25)28-34-18-26(39(28)30)45(43,44)37-12-10-35(11-13-37)29(41)33-2/h3-9,14-16,18-19H,10-13,17H2,1-2H3,(H,33,41). The summed E-state index contributed by atoms with van der Waals surface area (Å²) in [6.07, 6.45) is 4.26. The van der Waals surface area contributed by atoms with E-state index < -0.39 is 21.5 Å². The second kappa shape index (κ2) is 11.6. The number of rotatable bonds is 6. The number of fused-ring (bicyclic) bond motifs is 1. The highest BCUT2D eigenvalue weighted by atomic mass is 35.5. The van der Waals surface area contributed by atoms with Crippen LogP contribution >= 0.6 is 23.2 Å². The molecule has 2 aromatic heterocycles. The molecule has 1 atom stereocenters. The van der Waals surface area contributed by atoms with Crippen LogP contribution in [0.3, 0.4) is 0 Å². The lowest BCUT2D eigenvalue weighted by Crippen LogP contribution is -2.53. The number of hydrogen-bond donors (Lipinski definition) is 1. The van der Waals surface area contributed by atoms with Gasteiger partial charge in [-0.3, -0.25) is 9.36 Å². The summed E-state index contributed by atoms with van der Waals surface area (Å²) in [6.45, 7) is 2.27. The molecule has 0 saturated carbocycles. The van der Waals surface area contributed by atoms with Crippen molar-refractivity contribution < 1.29 is 22.7 Å². The fraction of sp³-hybridized carbons (Fsp3) is 0.267. The number of carbonyl (C=O) groups excluding carboxylic acids is 2. The number of nitrogens with one attached hydrogen (secondary N) is 1. The Kier molecular flexibility index (Phi) is 7.98. The third-order valence-electron chi connectivity index (χ3n) is 8.13. The number of piperazine rings is 1. The quantitative estimate of drug-likeness (QED) is 0.245. The molecule has 3 amide bonds. The zero-order valence-corrected chi connectivity index (χ0v) is 26.7. The van der Waals surface area contributed by atoms with Gasteiger partial charge in [-0.15, -0.1) is 0 Å². The molecule has 4 heterocycles. The smallest absolute Gasteiger partial charge is 0.317 e. The predicted octanol–water partition coefficient (Wildman–Crippen LogP) is 3.77. The number of sulfonamides is 1. The number of hydrogen-bond acceptors (Lipinski definition) is 6. The molecular formula is C30H29Cl2N7O5S. The van der Waals surface area contributed by atoms with Crippen molar-refractivity contribution in [3.05, 3.63) is 94.0 Å². The molecule has 2 aliphatic heterocycles. The van der Waals surface area contributed by atoms with Crippen LogP contribution in [0, 0.1) is 5.21 Å². The van der Waals surface area contributed by atoms with E-state index in [0.29, 0.717) is 15.7 Å². The van der Waals surface area contributed by atoms with E-state index in [1.54, 1.807) is 30.0 Å². The first kappa shape index (κ1) is 30.8. The minimum atomic E-state index is -4.14. The zero-order valence-electron chi connectivity index (χ0n) is 24.4. The molecule has 15 heteroatoms. The summed E-state index contributed by atoms with van der Waals surface area (Å²) >= 11 is 12.6. The molecule has 1 fully saturated rings. The van der Waals surface area contributed by atoms with Crippen LogP contribution < -0.4 is 14.9 Å². The molecule has 2 aliphatic rings. The summed E-state index contributed by atoms with van der Waals surface area (Å²) in [5, 5.41) is 14.8. The van der Waals surface area contributed by atoms with Gasteiger partial charge in [-0.2, -0.15) is 9.04 Å². The first-order valence-electron chi connectivity index (χ1n) is 14.1. The van der Waals surface area contributed by atoms with E-state index in [-0.39, 0.29) is 49.6 Å². The maximum absolute atomic E-state index is 14.4. The molecule has 0 radical (unpaired) electrons. The Morgan fingerprint density at radius 2 is 1.71 bits per heavy atom. The second-order valence-electron chi connectivity index (χ2n) is 11.0. The number of anilines is 2. The summed E-state index contributed by atoms with van der Waals surface area (Å²) in [5.74, 6) is -0.298. The molecule has 1 saturated heterocycles. The van der Waals surface area contributed by atoms with Gasteiger partial charge in [0.2, 0.25) is 5.95 Å². The number of urea groups is 1. The van der Waals surface area contributed by atoms with Crippen molar-refractivity contribution >= 4 is 56.8 Å². The van der Waals surface area contributed by atoms with E-state index in [0.717, 1.165) is 21.4 Å². The minimum absolute atomic E-state index is 0.0822. The van der Waals surface area contributed by atoms with Gasteiger partial charge in [0.15, 0.2) is 17.4 Å². The van der Waals surface area contributed by atoms with Crippen molar-refractivity contribution in [3.63, 3.8) is 0 Å². The molecule has 1 unspecified atom stereocenters. The Hall–Kier alpha value is -4.17. The van der Waals surface area contributed by atoms with Crippen molar-refractivity contribution in [2.75, 3.05) is 38.1 Å². The highest BCUT2D eigenvalue weighted by molar-refractivity contribution is 7.89. The van der Waals surface area contributed by atoms with Gasteiger partial charge in [0.05, 0.1) is 11.9 Å². The van der Waals surface area contributed by atoms with E-state index >= 15 is 0 Å². The Labute approximate surface area is 270 Å². The van der Waals surface area contributed by atoms with Crippen LogP contribution in [0.4, 0.5) is 16.4 Å². The lowest BCUT2D eigenvalue weighted by atomic mass is 9.91. The number of imidazole rings is 1. The van der Waals surface area contributed by atoms with Crippen molar-refractivity contribution in [3.8, 4) is 11.1 Å². The number of halogens is 2. The van der Waals surface area contributed by atoms with E-state index in [4.69, 9.17) is 23.2 Å². The van der Waals surface area contributed by atoms with E-state index in [9.17, 15) is 23.2 Å². The number of aromatic nitrogens is 3. The number of pyridine rings is 1. The molecule has 0 bridgehead atoms. The first-order valence-corrected chi connectivity index (χ1v) is 16.3. The molecule has 0 aliphatic carbocycles. The van der Waals surface area contributed by atoms with Gasteiger partial charge < -0.3 is 15.4 Å². The second-order valence-corrected chi connectivity index (χ2v) is 13.8. The van der Waals surface area contributed by atoms with Crippen LogP contribution in [-0.4, -0.2) is 72.3 Å². The molecule has 2 aromatic carbocycles. The third kappa shape index (κ3) is 5.50. The average molecular weight is 671 g/mol. The van der Waals surface area contributed by atoms with Gasteiger partial charge in [-0.25, -0.2) is 23.1 Å². The number of carbonyl (C=O) groups is 2. The molecule has 45 heavy (non-hydrogen) atoms. The maximum atomic E-state index is 14.4. The zero-order chi connectivity index (χ0) is 32.1. The molecular weight excluding hydrogens is 641 g/mol. The van der Waals surface area contributed by atoms with Gasteiger partial charge in [0.25, 0.3) is 15.9 Å². The molecule has 234 valence electrons. The molecule has 1 N–H and O–H groups in total. The monoisotopic (exact) mass is 669 g/mol. The van der Waals surface area contributed by atoms with Crippen LogP contribution in [0.1, 0.15) is 12.5 Å². The van der Waals surface area contributed by atoms with Crippen LogP contribution in [0.2, 0.25) is 10.0 Å². The van der Waals surface area contributed by atoms with Gasteiger partial charge in [0, 0.05) is 61.3 Å². The molecule has 4 aromatic rings. The Bertz CT molecular complexity index is 1890. The van der Waals surface area contributed by atoms with Crippen LogP contribution in [0.15, 0.2) is 78.2 Å². The lowest BCUT2D eigenvalue weighted by molar-refractivity contribution is -0.604. The Morgan fingerprint density at radius 3 is 2.33 bits per heavy atom. The normalized spacial score (nSPS) is 18.7. The van der Waals surface area contributed by atoms with Crippen LogP contribution in [0.25, 0.3) is 11.1 Å². The SMILES string of the molecule is CNC(=O)N1CCN(S(=O)(=O)c2cnc3n2C(C)(Cc2ccc(-c4ccc[n+]([O-])c4)cc2)C(=O)N3c2cc(Cl)cc(Cl)c2)CC1. The van der Waals surface area contributed by atoms with E-state index in [2.05, 4.69) is 10.3 Å². The summed E-state index contributed by atoms with van der Waals surface area (Å²) in [5.41, 5.74) is 1.23. The maximum Gasteiger partial charge on any atom is 0.317 e. The Morgan fingerprint density at radius 1 is 1.04 bits per heavy atom.